The summed E-state index contributed by atoms with van der Waals surface area (Å²) < 4.78 is 16.4. The van der Waals surface area contributed by atoms with Crippen LogP contribution in [0.25, 0.3) is 0 Å². The Morgan fingerprint density at radius 2 is 1.49 bits per heavy atom. The van der Waals surface area contributed by atoms with E-state index < -0.39 is 11.9 Å². The number of amides is 2. The molecule has 37 heavy (non-hydrogen) atoms. The number of likely N-dealkylation sites (N-methyl/N-ethyl adjacent to an activating group) is 1. The van der Waals surface area contributed by atoms with Gasteiger partial charge in [0.1, 0.15) is 23.3 Å². The van der Waals surface area contributed by atoms with Gasteiger partial charge in [0.15, 0.2) is 6.61 Å². The average molecular weight is 545 g/mol. The van der Waals surface area contributed by atoms with Crippen LogP contribution in [0.5, 0.6) is 17.2 Å². The molecule has 196 valence electrons. The number of hydrogen-bond donors (Lipinski definition) is 1. The van der Waals surface area contributed by atoms with Crippen LogP contribution in [0.2, 0.25) is 10.0 Å². The van der Waals surface area contributed by atoms with Gasteiger partial charge in [0, 0.05) is 53.3 Å². The number of nitrogens with zero attached hydrogens (tertiary/aromatic N) is 1. The monoisotopic (exact) mass is 544 g/mol. The molecule has 3 rings (SSSR count). The van der Waals surface area contributed by atoms with Crippen LogP contribution in [0.15, 0.2) is 66.7 Å². The number of nitrogens with one attached hydrogen (secondary N) is 1. The predicted molar refractivity (Wildman–Crippen MR) is 145 cm³/mol. The molecule has 0 saturated heterocycles. The van der Waals surface area contributed by atoms with Crippen molar-refractivity contribution in [3.05, 3.63) is 87.9 Å². The third-order valence-electron chi connectivity index (χ3n) is 5.70. The van der Waals surface area contributed by atoms with Crippen molar-refractivity contribution in [2.75, 3.05) is 27.4 Å². The molecule has 0 aliphatic carbocycles. The zero-order valence-corrected chi connectivity index (χ0v) is 22.5. The Bertz CT molecular complexity index is 1160. The normalized spacial score (nSPS) is 11.4. The largest absolute Gasteiger partial charge is 0.496 e. The molecular formula is C28H30Cl2N2O5. The van der Waals surface area contributed by atoms with Crippen molar-refractivity contribution < 1.29 is 23.8 Å². The number of rotatable bonds is 12. The van der Waals surface area contributed by atoms with Gasteiger partial charge in [-0.05, 0) is 24.6 Å². The van der Waals surface area contributed by atoms with Crippen molar-refractivity contribution in [3.8, 4) is 17.2 Å². The summed E-state index contributed by atoms with van der Waals surface area (Å²) in [6.45, 7) is 1.94. The molecule has 7 nitrogen and oxygen atoms in total. The Balaban J connectivity index is 1.95. The van der Waals surface area contributed by atoms with Gasteiger partial charge in [-0.15, -0.1) is 0 Å². The molecule has 0 fully saturated rings. The van der Waals surface area contributed by atoms with Crippen LogP contribution in [0.4, 0.5) is 0 Å². The lowest BCUT2D eigenvalue weighted by Gasteiger charge is -2.32. The maximum Gasteiger partial charge on any atom is 0.261 e. The zero-order valence-electron chi connectivity index (χ0n) is 21.0. The lowest BCUT2D eigenvalue weighted by atomic mass is 10.0. The van der Waals surface area contributed by atoms with Crippen molar-refractivity contribution in [1.82, 2.24) is 10.2 Å². The molecule has 9 heteroatoms. The SMILES string of the molecule is CCNC(=O)[C@@H](Cc1ccccc1)N(Cc1c(Cl)cccc1Cl)C(=O)COc1cc(OC)cc(OC)c1. The Morgan fingerprint density at radius 3 is 2.05 bits per heavy atom. The summed E-state index contributed by atoms with van der Waals surface area (Å²) in [6.07, 6.45) is 0.299. The Kier molecular flexibility index (Phi) is 10.5. The van der Waals surface area contributed by atoms with Crippen LogP contribution in [0, 0.1) is 0 Å². The maximum absolute atomic E-state index is 13.7. The van der Waals surface area contributed by atoms with Gasteiger partial charge in [-0.3, -0.25) is 9.59 Å². The molecule has 0 aromatic heterocycles. The van der Waals surface area contributed by atoms with Crippen molar-refractivity contribution in [3.63, 3.8) is 0 Å². The van der Waals surface area contributed by atoms with Gasteiger partial charge < -0.3 is 24.4 Å². The first-order chi connectivity index (χ1) is 17.9. The lowest BCUT2D eigenvalue weighted by molar-refractivity contribution is -0.142. The summed E-state index contributed by atoms with van der Waals surface area (Å²) in [5, 5.41) is 3.65. The van der Waals surface area contributed by atoms with E-state index in [1.807, 2.05) is 37.3 Å². The summed E-state index contributed by atoms with van der Waals surface area (Å²) >= 11 is 12.9. The molecule has 3 aromatic rings. The first-order valence-corrected chi connectivity index (χ1v) is 12.5. The van der Waals surface area contributed by atoms with Crippen molar-refractivity contribution in [1.29, 1.82) is 0 Å². The summed E-state index contributed by atoms with van der Waals surface area (Å²) in [5.41, 5.74) is 1.45. The van der Waals surface area contributed by atoms with E-state index in [1.54, 1.807) is 36.4 Å². The smallest absolute Gasteiger partial charge is 0.261 e. The number of carbonyl (C=O) groups excluding carboxylic acids is 2. The van der Waals surface area contributed by atoms with Crippen molar-refractivity contribution in [2.24, 2.45) is 0 Å². The second kappa shape index (κ2) is 13.8. The van der Waals surface area contributed by atoms with Gasteiger partial charge in [0.2, 0.25) is 5.91 Å². The molecule has 3 aromatic carbocycles. The van der Waals surface area contributed by atoms with Crippen molar-refractivity contribution in [2.45, 2.75) is 25.9 Å². The van der Waals surface area contributed by atoms with Gasteiger partial charge in [0.25, 0.3) is 5.91 Å². The number of halogens is 2. The van der Waals surface area contributed by atoms with Gasteiger partial charge in [-0.1, -0.05) is 59.6 Å². The molecule has 1 atom stereocenters. The van der Waals surface area contributed by atoms with Gasteiger partial charge in [-0.25, -0.2) is 0 Å². The topological polar surface area (TPSA) is 77.1 Å². The quantitative estimate of drug-likeness (QED) is 0.340. The Hall–Kier alpha value is -3.42. The summed E-state index contributed by atoms with van der Waals surface area (Å²) in [7, 11) is 3.05. The predicted octanol–water partition coefficient (Wildman–Crippen LogP) is 5.17. The van der Waals surface area contributed by atoms with Crippen LogP contribution >= 0.6 is 23.2 Å². The highest BCUT2D eigenvalue weighted by Gasteiger charge is 2.31. The molecule has 0 bridgehead atoms. The summed E-state index contributed by atoms with van der Waals surface area (Å²) in [6, 6.07) is 18.8. The average Bonchev–Trinajstić information content (AvgIpc) is 2.91. The standard InChI is InChI=1S/C28H30Cl2N2O5/c1-4-31-28(34)26(13-19-9-6-5-7-10-19)32(17-23-24(29)11-8-12-25(23)30)27(33)18-37-22-15-20(35-2)14-21(16-22)36-3/h5-12,14-16,26H,4,13,17-18H2,1-3H3,(H,31,34)/t26-/m1/s1. The number of hydrogen-bond acceptors (Lipinski definition) is 5. The number of ether oxygens (including phenoxy) is 3. The summed E-state index contributed by atoms with van der Waals surface area (Å²) in [4.78, 5) is 28.4. The van der Waals surface area contributed by atoms with Crippen LogP contribution in [-0.2, 0) is 22.6 Å². The van der Waals surface area contributed by atoms with Gasteiger partial charge in [-0.2, -0.15) is 0 Å². The molecule has 0 spiro atoms. The molecule has 0 aliphatic heterocycles. The van der Waals surface area contributed by atoms with E-state index in [1.165, 1.54) is 19.1 Å². The molecule has 0 saturated carbocycles. The van der Waals surface area contributed by atoms with E-state index in [0.717, 1.165) is 5.56 Å². The highest BCUT2D eigenvalue weighted by Crippen LogP contribution is 2.29. The molecule has 0 heterocycles. The van der Waals surface area contributed by atoms with Gasteiger partial charge in [0.05, 0.1) is 14.2 Å². The van der Waals surface area contributed by atoms with Crippen LogP contribution < -0.4 is 19.5 Å². The maximum atomic E-state index is 13.7. The molecule has 2 amide bonds. The van der Waals surface area contributed by atoms with Crippen molar-refractivity contribution >= 4 is 35.0 Å². The van der Waals surface area contributed by atoms with E-state index in [0.29, 0.717) is 45.8 Å². The number of carbonyl (C=O) groups is 2. The van der Waals surface area contributed by atoms with Crippen LogP contribution in [-0.4, -0.2) is 50.1 Å². The first kappa shape index (κ1) is 28.2. The molecule has 0 aliphatic rings. The minimum atomic E-state index is -0.828. The van der Waals surface area contributed by atoms with E-state index in [9.17, 15) is 9.59 Å². The highest BCUT2D eigenvalue weighted by molar-refractivity contribution is 6.36. The van der Waals surface area contributed by atoms with E-state index in [2.05, 4.69) is 5.32 Å². The molecule has 0 unspecified atom stereocenters. The molecule has 0 radical (unpaired) electrons. The highest BCUT2D eigenvalue weighted by atomic mass is 35.5. The lowest BCUT2D eigenvalue weighted by Crippen LogP contribution is -2.51. The minimum absolute atomic E-state index is 0.0246. The second-order valence-corrected chi connectivity index (χ2v) is 8.97. The number of benzene rings is 3. The number of methoxy groups -OCH3 is 2. The van der Waals surface area contributed by atoms with E-state index in [-0.39, 0.29) is 19.1 Å². The zero-order chi connectivity index (χ0) is 26.8. The van der Waals surface area contributed by atoms with Crippen LogP contribution in [0.1, 0.15) is 18.1 Å². The Labute approximate surface area is 227 Å². The summed E-state index contributed by atoms with van der Waals surface area (Å²) in [5.74, 6) is 0.727. The second-order valence-electron chi connectivity index (χ2n) is 8.16. The fraction of sp³-hybridized carbons (Fsp3) is 0.286. The van der Waals surface area contributed by atoms with E-state index in [4.69, 9.17) is 37.4 Å². The first-order valence-electron chi connectivity index (χ1n) is 11.8. The fourth-order valence-electron chi connectivity index (χ4n) is 3.79. The fourth-order valence-corrected chi connectivity index (χ4v) is 4.31. The third kappa shape index (κ3) is 7.78. The molecular weight excluding hydrogens is 515 g/mol. The van der Waals surface area contributed by atoms with Gasteiger partial charge >= 0.3 is 0 Å². The molecule has 1 N–H and O–H groups in total. The van der Waals surface area contributed by atoms with E-state index >= 15 is 0 Å². The third-order valence-corrected chi connectivity index (χ3v) is 6.41. The Morgan fingerprint density at radius 1 is 0.892 bits per heavy atom. The minimum Gasteiger partial charge on any atom is -0.496 e. The van der Waals surface area contributed by atoms with Crippen LogP contribution in [0.3, 0.4) is 0 Å².